The molecule has 0 radical (unpaired) electrons. The second-order valence-electron chi connectivity index (χ2n) is 16.7. The van der Waals surface area contributed by atoms with E-state index in [9.17, 15) is 0 Å². The van der Waals surface area contributed by atoms with Crippen molar-refractivity contribution >= 4 is 53.9 Å². The molecule has 0 unspecified atom stereocenters. The largest absolute Gasteiger partial charge is 0.0713 e. The highest BCUT2D eigenvalue weighted by atomic mass is 14.5. The van der Waals surface area contributed by atoms with Gasteiger partial charge in [-0.05, 0) is 145 Å². The zero-order chi connectivity index (χ0) is 40.1. The summed E-state index contributed by atoms with van der Waals surface area (Å²) < 4.78 is 0. The van der Waals surface area contributed by atoms with Crippen LogP contribution in [0.15, 0.2) is 231 Å². The Bertz CT molecular complexity index is 3650. The minimum absolute atomic E-state index is 0.482. The molecule has 0 saturated heterocycles. The van der Waals surface area contributed by atoms with Gasteiger partial charge in [-0.2, -0.15) is 0 Å². The van der Waals surface area contributed by atoms with Gasteiger partial charge in [-0.1, -0.05) is 206 Å². The Morgan fingerprint density at radius 3 is 1.33 bits per heavy atom. The third kappa shape index (κ3) is 4.94. The van der Waals surface area contributed by atoms with E-state index in [4.69, 9.17) is 0 Å². The number of hydrogen-bond acceptors (Lipinski definition) is 0. The van der Waals surface area contributed by atoms with Crippen LogP contribution in [0.3, 0.4) is 0 Å². The number of hydrogen-bond donors (Lipinski definition) is 0. The van der Waals surface area contributed by atoms with Gasteiger partial charge in [-0.25, -0.2) is 0 Å². The van der Waals surface area contributed by atoms with Crippen molar-refractivity contribution in [3.63, 3.8) is 0 Å². The van der Waals surface area contributed by atoms with Gasteiger partial charge in [0.05, 0.1) is 5.41 Å². The molecule has 13 rings (SSSR count). The number of fused-ring (bicyclic) bond motifs is 5. The van der Waals surface area contributed by atoms with Gasteiger partial charge in [-0.3, -0.25) is 0 Å². The molecule has 0 heteroatoms. The number of rotatable bonds is 5. The van der Waals surface area contributed by atoms with Gasteiger partial charge in [0.2, 0.25) is 0 Å². The van der Waals surface area contributed by atoms with Crippen LogP contribution in [0.2, 0.25) is 0 Å². The van der Waals surface area contributed by atoms with Gasteiger partial charge in [0.1, 0.15) is 0 Å². The van der Waals surface area contributed by atoms with E-state index in [1.54, 1.807) is 0 Å². The Balaban J connectivity index is 1.13. The smallest absolute Gasteiger partial charge is 0.0622 e. The fourth-order valence-electron chi connectivity index (χ4n) is 11.0. The van der Waals surface area contributed by atoms with Crippen molar-refractivity contribution in [3.8, 4) is 44.5 Å². The number of benzene rings is 12. The first-order valence-electron chi connectivity index (χ1n) is 21.3. The fourth-order valence-corrected chi connectivity index (χ4v) is 11.0. The molecule has 0 N–H and O–H groups in total. The van der Waals surface area contributed by atoms with E-state index in [-0.39, 0.29) is 0 Å². The lowest BCUT2D eigenvalue weighted by atomic mass is 9.67. The zero-order valence-corrected chi connectivity index (χ0v) is 33.4. The van der Waals surface area contributed by atoms with Crippen LogP contribution < -0.4 is 0 Å². The third-order valence-corrected chi connectivity index (χ3v) is 13.7. The van der Waals surface area contributed by atoms with E-state index in [0.29, 0.717) is 0 Å². The molecule has 0 aliphatic heterocycles. The average Bonchev–Trinajstić information content (AvgIpc) is 3.63. The molecule has 0 aromatic heterocycles. The summed E-state index contributed by atoms with van der Waals surface area (Å²) in [7, 11) is 0. The van der Waals surface area contributed by atoms with Gasteiger partial charge in [-0.15, -0.1) is 0 Å². The highest BCUT2D eigenvalue weighted by Gasteiger charge is 2.46. The molecule has 0 nitrogen and oxygen atoms in total. The second-order valence-corrected chi connectivity index (χ2v) is 16.7. The van der Waals surface area contributed by atoms with Crippen LogP contribution in [-0.4, -0.2) is 0 Å². The molecule has 1 aliphatic rings. The molecule has 0 fully saturated rings. The minimum Gasteiger partial charge on any atom is -0.0622 e. The molecule has 0 amide bonds. The quantitative estimate of drug-likeness (QED) is 0.153. The summed E-state index contributed by atoms with van der Waals surface area (Å²) in [5.74, 6) is 0. The highest BCUT2D eigenvalue weighted by Crippen LogP contribution is 2.57. The van der Waals surface area contributed by atoms with E-state index in [0.717, 1.165) is 0 Å². The first kappa shape index (κ1) is 34.1. The topological polar surface area (TPSA) is 0 Å². The summed E-state index contributed by atoms with van der Waals surface area (Å²) in [4.78, 5) is 0. The summed E-state index contributed by atoms with van der Waals surface area (Å²) in [6, 6.07) is 86.4. The maximum atomic E-state index is 2.52. The van der Waals surface area contributed by atoms with E-state index in [2.05, 4.69) is 231 Å². The van der Waals surface area contributed by atoms with Crippen molar-refractivity contribution in [2.75, 3.05) is 0 Å². The van der Waals surface area contributed by atoms with E-state index in [1.165, 1.54) is 121 Å². The van der Waals surface area contributed by atoms with Gasteiger partial charge in [0.15, 0.2) is 0 Å². The molecule has 0 atom stereocenters. The van der Waals surface area contributed by atoms with Crippen molar-refractivity contribution in [1.82, 2.24) is 0 Å². The van der Waals surface area contributed by atoms with Gasteiger partial charge >= 0.3 is 0 Å². The molecular formula is C61H38. The Hall–Kier alpha value is -7.80. The summed E-state index contributed by atoms with van der Waals surface area (Å²) in [5.41, 5.74) is 14.7. The van der Waals surface area contributed by atoms with Crippen molar-refractivity contribution < 1.29 is 0 Å². The monoisotopic (exact) mass is 770 g/mol. The summed E-state index contributed by atoms with van der Waals surface area (Å²) >= 11 is 0. The maximum absolute atomic E-state index is 2.52. The zero-order valence-electron chi connectivity index (χ0n) is 33.4. The lowest BCUT2D eigenvalue weighted by molar-refractivity contribution is 0.769. The summed E-state index contributed by atoms with van der Waals surface area (Å²) in [5, 5.41) is 12.7. The lowest BCUT2D eigenvalue weighted by Crippen LogP contribution is -2.28. The van der Waals surface area contributed by atoms with Gasteiger partial charge < -0.3 is 0 Å². The third-order valence-electron chi connectivity index (χ3n) is 13.7. The molecule has 0 saturated carbocycles. The van der Waals surface area contributed by atoms with E-state index < -0.39 is 5.41 Å². The fraction of sp³-hybridized carbons (Fsp3) is 0.0164. The van der Waals surface area contributed by atoms with Crippen molar-refractivity contribution in [2.24, 2.45) is 0 Å². The summed E-state index contributed by atoms with van der Waals surface area (Å²) in [6.07, 6.45) is 0. The first-order chi connectivity index (χ1) is 30.2. The van der Waals surface area contributed by atoms with Crippen LogP contribution in [0.1, 0.15) is 22.3 Å². The van der Waals surface area contributed by atoms with Crippen LogP contribution >= 0.6 is 0 Å². The molecule has 12 aromatic rings. The normalized spacial score (nSPS) is 13.0. The van der Waals surface area contributed by atoms with Crippen molar-refractivity contribution in [2.45, 2.75) is 5.41 Å². The van der Waals surface area contributed by atoms with Crippen LogP contribution in [0, 0.1) is 0 Å². The molecule has 0 heterocycles. The van der Waals surface area contributed by atoms with Crippen LogP contribution in [0.25, 0.3) is 98.4 Å². The highest BCUT2D eigenvalue weighted by molar-refractivity contribution is 6.30. The standard InChI is InChI=1S/C61H38/c1-3-17-47(18-4-1)61(48-19-5-2-6-20-48)57-22-12-11-21-50(57)51-31-29-46(37-58(51)61)56-38-55(45-26-24-40-14-8-10-16-43(40)36-45)53-32-28-41-27-30-49(52-33-34-54(56)60(53)59(41)52)44-25-23-39-13-7-9-15-42(39)35-44/h1-38H. The predicted octanol–water partition coefficient (Wildman–Crippen LogP) is 16.3. The molecule has 282 valence electrons. The Labute approximate surface area is 355 Å². The maximum Gasteiger partial charge on any atom is 0.0713 e. The molecule has 1 aliphatic carbocycles. The van der Waals surface area contributed by atoms with Crippen LogP contribution in [0.5, 0.6) is 0 Å². The van der Waals surface area contributed by atoms with Gasteiger partial charge in [0.25, 0.3) is 0 Å². The minimum atomic E-state index is -0.482. The molecular weight excluding hydrogens is 733 g/mol. The van der Waals surface area contributed by atoms with Crippen LogP contribution in [-0.2, 0) is 5.41 Å². The average molecular weight is 771 g/mol. The Morgan fingerprint density at radius 2 is 0.672 bits per heavy atom. The Kier molecular flexibility index (Phi) is 7.32. The molecule has 0 spiro atoms. The lowest BCUT2D eigenvalue weighted by Gasteiger charge is -2.34. The Morgan fingerprint density at radius 1 is 0.230 bits per heavy atom. The SMILES string of the molecule is c1ccc(C2(c3ccccc3)c3ccccc3-c3ccc(-c4cc(-c5ccc6ccccc6c5)c5ccc6ccc(-c7ccc8ccccc8c7)c7ccc4c5c67)cc32)cc1. The molecule has 12 aromatic carbocycles. The van der Waals surface area contributed by atoms with E-state index >= 15 is 0 Å². The van der Waals surface area contributed by atoms with Gasteiger partial charge in [0, 0.05) is 0 Å². The van der Waals surface area contributed by atoms with Crippen LogP contribution in [0.4, 0.5) is 0 Å². The second kappa shape index (κ2) is 13.1. The molecule has 0 bridgehead atoms. The van der Waals surface area contributed by atoms with E-state index in [1.807, 2.05) is 0 Å². The van der Waals surface area contributed by atoms with Crippen molar-refractivity contribution in [1.29, 1.82) is 0 Å². The predicted molar refractivity (Wildman–Crippen MR) is 259 cm³/mol. The van der Waals surface area contributed by atoms with Crippen molar-refractivity contribution in [3.05, 3.63) is 253 Å². The molecule has 61 heavy (non-hydrogen) atoms. The first-order valence-corrected chi connectivity index (χ1v) is 21.3. The summed E-state index contributed by atoms with van der Waals surface area (Å²) in [6.45, 7) is 0.